The van der Waals surface area contributed by atoms with Crippen LogP contribution in [0, 0.1) is 0 Å². The second kappa shape index (κ2) is 5.27. The summed E-state index contributed by atoms with van der Waals surface area (Å²) in [5, 5.41) is 9.81. The van der Waals surface area contributed by atoms with Crippen LogP contribution >= 0.6 is 0 Å². The summed E-state index contributed by atoms with van der Waals surface area (Å²) in [4.78, 5) is 1.96. The average Bonchev–Trinajstić information content (AvgIpc) is 2.25. The molecule has 0 spiro atoms. The van der Waals surface area contributed by atoms with Gasteiger partial charge in [0.1, 0.15) is 11.5 Å². The number of anilines is 1. The number of nitrogens with zero attached hydrogens (tertiary/aromatic N) is 1. The average molecular weight is 239 g/mol. The smallest absolute Gasteiger partial charge is 0.145 e. The fraction of sp³-hybridized carbons (Fsp3) is 0.538. The van der Waals surface area contributed by atoms with Crippen LogP contribution in [0.1, 0.15) is 13.8 Å². The summed E-state index contributed by atoms with van der Waals surface area (Å²) in [6.45, 7) is 4.08. The van der Waals surface area contributed by atoms with Gasteiger partial charge >= 0.3 is 0 Å². The van der Waals surface area contributed by atoms with Crippen molar-refractivity contribution in [3.8, 4) is 11.5 Å². The first kappa shape index (κ1) is 13.6. The van der Waals surface area contributed by atoms with E-state index in [1.807, 2.05) is 30.1 Å². The Morgan fingerprint density at radius 2 is 1.88 bits per heavy atom. The first-order chi connectivity index (χ1) is 7.87. The molecular weight excluding hydrogens is 218 g/mol. The molecule has 0 aromatic heterocycles. The third-order valence-electron chi connectivity index (χ3n) is 2.42. The maximum Gasteiger partial charge on any atom is 0.145 e. The van der Waals surface area contributed by atoms with Crippen LogP contribution in [0.5, 0.6) is 11.5 Å². The predicted octanol–water partition coefficient (Wildman–Crippen LogP) is 1.91. The van der Waals surface area contributed by atoms with Crippen molar-refractivity contribution >= 4 is 5.69 Å². The molecule has 0 bridgehead atoms. The third-order valence-corrected chi connectivity index (χ3v) is 2.42. The fourth-order valence-corrected chi connectivity index (χ4v) is 1.77. The lowest BCUT2D eigenvalue weighted by molar-refractivity contribution is 0.0885. The minimum atomic E-state index is -0.750. The van der Waals surface area contributed by atoms with E-state index in [0.29, 0.717) is 6.54 Å². The Morgan fingerprint density at radius 3 is 2.35 bits per heavy atom. The Bertz CT molecular complexity index is 371. The van der Waals surface area contributed by atoms with Crippen LogP contribution in [0.25, 0.3) is 0 Å². The second-order valence-electron chi connectivity index (χ2n) is 4.71. The van der Waals surface area contributed by atoms with E-state index >= 15 is 0 Å². The Labute approximate surface area is 103 Å². The minimum absolute atomic E-state index is 0.524. The van der Waals surface area contributed by atoms with E-state index in [1.54, 1.807) is 28.1 Å². The van der Waals surface area contributed by atoms with Gasteiger partial charge in [-0.25, -0.2) is 0 Å². The van der Waals surface area contributed by atoms with E-state index in [0.717, 1.165) is 17.2 Å². The monoisotopic (exact) mass is 239 g/mol. The van der Waals surface area contributed by atoms with Gasteiger partial charge in [-0.15, -0.1) is 0 Å². The summed E-state index contributed by atoms with van der Waals surface area (Å²) in [6, 6.07) is 5.62. The van der Waals surface area contributed by atoms with Crippen LogP contribution < -0.4 is 14.4 Å². The molecule has 0 atom stereocenters. The normalized spacial score (nSPS) is 11.2. The molecule has 0 radical (unpaired) electrons. The zero-order chi connectivity index (χ0) is 13.1. The molecular formula is C13H21NO3. The van der Waals surface area contributed by atoms with E-state index in [9.17, 15) is 5.11 Å². The molecule has 0 fully saturated rings. The third kappa shape index (κ3) is 3.82. The number of methoxy groups -OCH3 is 2. The van der Waals surface area contributed by atoms with Crippen molar-refractivity contribution in [1.82, 2.24) is 0 Å². The van der Waals surface area contributed by atoms with Crippen LogP contribution in [-0.4, -0.2) is 38.5 Å². The Hall–Kier alpha value is -1.42. The first-order valence-electron chi connectivity index (χ1n) is 5.53. The lowest BCUT2D eigenvalue weighted by Gasteiger charge is -2.28. The number of benzene rings is 1. The van der Waals surface area contributed by atoms with Gasteiger partial charge in [0.05, 0.1) is 25.5 Å². The number of ether oxygens (including phenoxy) is 2. The van der Waals surface area contributed by atoms with E-state index in [-0.39, 0.29) is 0 Å². The molecule has 0 aliphatic rings. The van der Waals surface area contributed by atoms with Crippen molar-refractivity contribution in [2.75, 3.05) is 32.7 Å². The van der Waals surface area contributed by atoms with E-state index in [4.69, 9.17) is 9.47 Å². The zero-order valence-corrected chi connectivity index (χ0v) is 11.2. The van der Waals surface area contributed by atoms with Gasteiger partial charge in [0.2, 0.25) is 0 Å². The largest absolute Gasteiger partial charge is 0.497 e. The van der Waals surface area contributed by atoms with Crippen molar-refractivity contribution in [1.29, 1.82) is 0 Å². The van der Waals surface area contributed by atoms with Crippen LogP contribution in [0.15, 0.2) is 18.2 Å². The van der Waals surface area contributed by atoms with E-state index < -0.39 is 5.60 Å². The maximum atomic E-state index is 9.81. The highest BCUT2D eigenvalue weighted by Gasteiger charge is 2.18. The van der Waals surface area contributed by atoms with E-state index in [1.165, 1.54) is 0 Å². The zero-order valence-electron chi connectivity index (χ0n) is 11.2. The van der Waals surface area contributed by atoms with Crippen molar-refractivity contribution in [2.24, 2.45) is 0 Å². The molecule has 1 rings (SSSR count). The maximum absolute atomic E-state index is 9.81. The van der Waals surface area contributed by atoms with Crippen LogP contribution in [-0.2, 0) is 0 Å². The Balaban J connectivity index is 2.96. The lowest BCUT2D eigenvalue weighted by atomic mass is 10.1. The first-order valence-corrected chi connectivity index (χ1v) is 5.53. The molecule has 0 unspecified atom stereocenters. The summed E-state index contributed by atoms with van der Waals surface area (Å²) in [5.41, 5.74) is 0.176. The van der Waals surface area contributed by atoms with Crippen molar-refractivity contribution in [3.05, 3.63) is 18.2 Å². The van der Waals surface area contributed by atoms with Crippen molar-refractivity contribution in [2.45, 2.75) is 19.4 Å². The number of hydrogen-bond donors (Lipinski definition) is 1. The molecule has 4 heteroatoms. The summed E-state index contributed by atoms with van der Waals surface area (Å²) in [5.74, 6) is 1.48. The highest BCUT2D eigenvalue weighted by molar-refractivity contribution is 5.60. The molecule has 0 saturated heterocycles. The molecule has 1 aromatic rings. The topological polar surface area (TPSA) is 41.9 Å². The van der Waals surface area contributed by atoms with Gasteiger partial charge in [-0.05, 0) is 26.0 Å². The number of aliphatic hydroxyl groups is 1. The number of hydrogen-bond acceptors (Lipinski definition) is 4. The molecule has 4 nitrogen and oxygen atoms in total. The number of rotatable bonds is 5. The van der Waals surface area contributed by atoms with Crippen LogP contribution in [0.4, 0.5) is 5.69 Å². The van der Waals surface area contributed by atoms with Crippen LogP contribution in [0.3, 0.4) is 0 Å². The second-order valence-corrected chi connectivity index (χ2v) is 4.71. The molecule has 17 heavy (non-hydrogen) atoms. The van der Waals surface area contributed by atoms with Crippen molar-refractivity contribution < 1.29 is 14.6 Å². The minimum Gasteiger partial charge on any atom is -0.497 e. The molecule has 0 aliphatic carbocycles. The van der Waals surface area contributed by atoms with Gasteiger partial charge in [-0.3, -0.25) is 0 Å². The summed E-state index contributed by atoms with van der Waals surface area (Å²) >= 11 is 0. The van der Waals surface area contributed by atoms with Crippen LogP contribution in [0.2, 0.25) is 0 Å². The fourth-order valence-electron chi connectivity index (χ4n) is 1.77. The summed E-state index contributed by atoms with van der Waals surface area (Å²) in [6.07, 6.45) is 0. The highest BCUT2D eigenvalue weighted by Crippen LogP contribution is 2.32. The SMILES string of the molecule is COc1ccc(N(C)CC(C)(C)O)c(OC)c1. The molecule has 1 N–H and O–H groups in total. The van der Waals surface area contributed by atoms with Gasteiger partial charge in [-0.2, -0.15) is 0 Å². The summed E-state index contributed by atoms with van der Waals surface area (Å²) < 4.78 is 10.5. The molecule has 0 amide bonds. The van der Waals surface area contributed by atoms with E-state index in [2.05, 4.69) is 0 Å². The van der Waals surface area contributed by atoms with Gasteiger partial charge in [0, 0.05) is 19.7 Å². The van der Waals surface area contributed by atoms with Gasteiger partial charge in [-0.1, -0.05) is 0 Å². The molecule has 96 valence electrons. The van der Waals surface area contributed by atoms with Gasteiger partial charge in [0.25, 0.3) is 0 Å². The molecule has 0 saturated carbocycles. The Kier molecular flexibility index (Phi) is 4.23. The molecule has 0 aliphatic heterocycles. The molecule has 1 aromatic carbocycles. The number of likely N-dealkylation sites (N-methyl/N-ethyl adjacent to an activating group) is 1. The Morgan fingerprint density at radius 1 is 1.24 bits per heavy atom. The lowest BCUT2D eigenvalue weighted by Crippen LogP contribution is -2.36. The predicted molar refractivity (Wildman–Crippen MR) is 69.1 cm³/mol. The summed E-state index contributed by atoms with van der Waals surface area (Å²) in [7, 11) is 5.16. The quantitative estimate of drug-likeness (QED) is 0.852. The van der Waals surface area contributed by atoms with Gasteiger partial charge in [0.15, 0.2) is 0 Å². The highest BCUT2D eigenvalue weighted by atomic mass is 16.5. The standard InChI is InChI=1S/C13H21NO3/c1-13(2,15)9-14(3)11-7-6-10(16-4)8-12(11)17-5/h6-8,15H,9H2,1-5H3. The molecule has 0 heterocycles. The van der Waals surface area contributed by atoms with Gasteiger partial charge < -0.3 is 19.5 Å². The van der Waals surface area contributed by atoms with Crippen molar-refractivity contribution in [3.63, 3.8) is 0 Å².